The number of nitroso groups, excluding NO2 is 1. The maximum absolute atomic E-state index is 14.1. The first-order chi connectivity index (χ1) is 9.91. The normalized spacial score (nSPS) is 15.8. The minimum Gasteiger partial charge on any atom is -0.327 e. The minimum atomic E-state index is -0.439. The summed E-state index contributed by atoms with van der Waals surface area (Å²) in [6, 6.07) is 1.52. The van der Waals surface area contributed by atoms with E-state index in [-0.39, 0.29) is 5.41 Å². The average molecular weight is 289 g/mol. The van der Waals surface area contributed by atoms with Gasteiger partial charge in [-0.2, -0.15) is 0 Å². The molecule has 1 aliphatic rings. The van der Waals surface area contributed by atoms with Gasteiger partial charge in [-0.05, 0) is 11.5 Å². The summed E-state index contributed by atoms with van der Waals surface area (Å²) in [6.07, 6.45) is 3.63. The highest BCUT2D eigenvalue weighted by Gasteiger charge is 2.32. The number of hydrogen-bond donors (Lipinski definition) is 0. The van der Waals surface area contributed by atoms with Crippen LogP contribution in [0.25, 0.3) is 11.3 Å². The lowest BCUT2D eigenvalue weighted by Gasteiger charge is -2.16. The smallest absolute Gasteiger partial charge is 0.152 e. The third kappa shape index (κ3) is 2.28. The van der Waals surface area contributed by atoms with Crippen molar-refractivity contribution in [3.8, 4) is 11.3 Å². The van der Waals surface area contributed by atoms with Crippen LogP contribution in [-0.2, 0) is 13.0 Å². The second-order valence-corrected chi connectivity index (χ2v) is 6.11. The first-order valence-corrected chi connectivity index (χ1v) is 6.68. The Morgan fingerprint density at radius 3 is 2.86 bits per heavy atom. The number of fused-ring (bicyclic) bond motifs is 1. The molecule has 0 radical (unpaired) electrons. The molecular formula is C14H16FN5O. The van der Waals surface area contributed by atoms with Gasteiger partial charge in [0.15, 0.2) is 11.6 Å². The van der Waals surface area contributed by atoms with Crippen LogP contribution in [0.2, 0.25) is 0 Å². The van der Waals surface area contributed by atoms with Crippen LogP contribution >= 0.6 is 0 Å². The summed E-state index contributed by atoms with van der Waals surface area (Å²) in [7, 11) is 1.47. The Hall–Kier alpha value is -2.31. The van der Waals surface area contributed by atoms with Gasteiger partial charge in [0.1, 0.15) is 5.82 Å². The fourth-order valence-corrected chi connectivity index (χ4v) is 2.70. The van der Waals surface area contributed by atoms with Crippen LogP contribution in [0.1, 0.15) is 19.7 Å². The molecule has 0 N–H and O–H groups in total. The van der Waals surface area contributed by atoms with Crippen molar-refractivity contribution in [1.82, 2.24) is 14.5 Å². The molecule has 0 spiro atoms. The number of pyridine rings is 1. The molecule has 0 amide bonds. The Balaban J connectivity index is 2.08. The molecule has 2 aromatic heterocycles. The number of rotatable bonds is 3. The molecule has 0 saturated carbocycles. The summed E-state index contributed by atoms with van der Waals surface area (Å²) >= 11 is 0. The van der Waals surface area contributed by atoms with Crippen molar-refractivity contribution in [1.29, 1.82) is 0 Å². The number of halogens is 1. The van der Waals surface area contributed by atoms with Gasteiger partial charge in [0.2, 0.25) is 0 Å². The van der Waals surface area contributed by atoms with Crippen LogP contribution in [0.3, 0.4) is 0 Å². The quantitative estimate of drug-likeness (QED) is 0.644. The van der Waals surface area contributed by atoms with Crippen LogP contribution in [0, 0.1) is 16.1 Å². The maximum atomic E-state index is 14.1. The highest BCUT2D eigenvalue weighted by molar-refractivity contribution is 5.64. The summed E-state index contributed by atoms with van der Waals surface area (Å²) in [6.45, 7) is 5.10. The van der Waals surface area contributed by atoms with E-state index >= 15 is 0 Å². The summed E-state index contributed by atoms with van der Waals surface area (Å²) in [4.78, 5) is 18.8. The zero-order chi connectivity index (χ0) is 15.2. The molecule has 0 saturated heterocycles. The molecule has 0 unspecified atom stereocenters. The highest BCUT2D eigenvalue weighted by atomic mass is 19.1. The van der Waals surface area contributed by atoms with E-state index in [1.165, 1.54) is 13.1 Å². The van der Waals surface area contributed by atoms with E-state index < -0.39 is 5.82 Å². The lowest BCUT2D eigenvalue weighted by molar-refractivity contribution is 0.359. The third-order valence-electron chi connectivity index (χ3n) is 3.73. The summed E-state index contributed by atoms with van der Waals surface area (Å²) < 4.78 is 16.2. The predicted molar refractivity (Wildman–Crippen MR) is 77.1 cm³/mol. The lowest BCUT2D eigenvalue weighted by atomic mass is 9.92. The molecule has 6 nitrogen and oxygen atoms in total. The zero-order valence-electron chi connectivity index (χ0n) is 12.2. The molecule has 21 heavy (non-hydrogen) atoms. The zero-order valence-corrected chi connectivity index (χ0v) is 12.2. The van der Waals surface area contributed by atoms with E-state index in [4.69, 9.17) is 0 Å². The van der Waals surface area contributed by atoms with Gasteiger partial charge in [0.05, 0.1) is 23.4 Å². The fourth-order valence-electron chi connectivity index (χ4n) is 2.70. The first kappa shape index (κ1) is 13.7. The van der Waals surface area contributed by atoms with Gasteiger partial charge >= 0.3 is 0 Å². The molecular weight excluding hydrogens is 273 g/mol. The summed E-state index contributed by atoms with van der Waals surface area (Å²) in [5, 5.41) is 3.85. The van der Waals surface area contributed by atoms with Crippen molar-refractivity contribution in [3.05, 3.63) is 35.0 Å². The maximum Gasteiger partial charge on any atom is 0.152 e. The Labute approximate surface area is 121 Å². The van der Waals surface area contributed by atoms with E-state index in [2.05, 4.69) is 29.1 Å². The van der Waals surface area contributed by atoms with Gasteiger partial charge in [0, 0.05) is 25.6 Å². The van der Waals surface area contributed by atoms with Gasteiger partial charge in [0.25, 0.3) is 0 Å². The largest absolute Gasteiger partial charge is 0.327 e. The van der Waals surface area contributed by atoms with Crippen molar-refractivity contribution in [2.45, 2.75) is 26.8 Å². The molecule has 3 rings (SSSR count). The van der Waals surface area contributed by atoms with Gasteiger partial charge in [-0.15, -0.1) is 4.91 Å². The first-order valence-electron chi connectivity index (χ1n) is 6.68. The molecule has 0 aromatic carbocycles. The van der Waals surface area contributed by atoms with Crippen LogP contribution in [0.15, 0.2) is 23.7 Å². The Kier molecular flexibility index (Phi) is 3.00. The second kappa shape index (κ2) is 4.61. The van der Waals surface area contributed by atoms with Crippen molar-refractivity contribution >= 4 is 5.82 Å². The van der Waals surface area contributed by atoms with Crippen molar-refractivity contribution < 1.29 is 4.39 Å². The Morgan fingerprint density at radius 2 is 2.14 bits per heavy atom. The average Bonchev–Trinajstić information content (AvgIpc) is 2.93. The minimum absolute atomic E-state index is 0.117. The van der Waals surface area contributed by atoms with Crippen molar-refractivity contribution in [3.63, 3.8) is 0 Å². The molecule has 0 aliphatic carbocycles. The molecule has 7 heteroatoms. The number of imidazole rings is 1. The summed E-state index contributed by atoms with van der Waals surface area (Å²) in [5.41, 5.74) is 1.20. The summed E-state index contributed by atoms with van der Waals surface area (Å²) in [5.74, 6) is 0.814. The molecule has 2 aromatic rings. The van der Waals surface area contributed by atoms with E-state index in [0.717, 1.165) is 30.0 Å². The molecule has 110 valence electrons. The van der Waals surface area contributed by atoms with E-state index in [0.29, 0.717) is 17.1 Å². The van der Waals surface area contributed by atoms with Crippen molar-refractivity contribution in [2.24, 2.45) is 10.7 Å². The van der Waals surface area contributed by atoms with E-state index in [9.17, 15) is 9.30 Å². The van der Waals surface area contributed by atoms with Gasteiger partial charge in [-0.3, -0.25) is 0 Å². The van der Waals surface area contributed by atoms with Crippen LogP contribution < -0.4 is 5.01 Å². The second-order valence-electron chi connectivity index (χ2n) is 6.11. The molecule has 3 heterocycles. The SMILES string of the molecule is CN(N=O)c1cc(-c2cnc3n2CC(C)(C)C3)c(F)cn1. The molecule has 0 atom stereocenters. The van der Waals surface area contributed by atoms with Gasteiger partial charge in [-0.25, -0.2) is 19.4 Å². The van der Waals surface area contributed by atoms with Crippen LogP contribution in [-0.4, -0.2) is 21.6 Å². The molecule has 0 fully saturated rings. The van der Waals surface area contributed by atoms with Crippen molar-refractivity contribution in [2.75, 3.05) is 12.1 Å². The Bertz CT molecular complexity index is 709. The van der Waals surface area contributed by atoms with Crippen LogP contribution in [0.4, 0.5) is 10.2 Å². The number of hydrogen-bond acceptors (Lipinski definition) is 4. The number of nitrogens with zero attached hydrogens (tertiary/aromatic N) is 5. The predicted octanol–water partition coefficient (Wildman–Crippen LogP) is 2.78. The Morgan fingerprint density at radius 1 is 1.38 bits per heavy atom. The highest BCUT2D eigenvalue weighted by Crippen LogP contribution is 2.36. The lowest BCUT2D eigenvalue weighted by Crippen LogP contribution is -2.13. The standard InChI is InChI=1S/C14H16FN5O/c1-14(2)5-13-17-7-11(20(13)8-14)9-4-12(19(3)18-21)16-6-10(9)15/h4,6-7H,5,8H2,1-3H3. The van der Waals surface area contributed by atoms with Gasteiger partial charge in [-0.1, -0.05) is 13.8 Å². The van der Waals surface area contributed by atoms with Crippen LogP contribution in [0.5, 0.6) is 0 Å². The van der Waals surface area contributed by atoms with E-state index in [1.807, 2.05) is 4.57 Å². The third-order valence-corrected chi connectivity index (χ3v) is 3.73. The van der Waals surface area contributed by atoms with Gasteiger partial charge < -0.3 is 4.57 Å². The fraction of sp³-hybridized carbons (Fsp3) is 0.429. The molecule has 1 aliphatic heterocycles. The topological polar surface area (TPSA) is 63.4 Å². The van der Waals surface area contributed by atoms with E-state index in [1.54, 1.807) is 6.20 Å². The monoisotopic (exact) mass is 289 g/mol. The molecule has 0 bridgehead atoms. The number of anilines is 1. The number of aromatic nitrogens is 3.